The smallest absolute Gasteiger partial charge is 0.490 e. The molecule has 0 saturated carbocycles. The molecule has 2 N–H and O–H groups in total. The summed E-state index contributed by atoms with van der Waals surface area (Å²) in [4.78, 5) is 22.6. The zero-order chi connectivity index (χ0) is 22.3. The fraction of sp³-hybridized carbons (Fsp3) is 0.500. The van der Waals surface area contributed by atoms with Crippen LogP contribution in [0, 0.1) is 0 Å². The standard InChI is InChI=1S/C18H21NO4.C2HF3O2/c1-11(20)23-13-3-4-18-5-6-19(17(18)8-13)10-12-7-15(21)16(22-2)9-14(12)18;3-2(4,5)1(6)7/h3-4,7,9,13,17,21H,5-6,8,10H2,1-2H3;(H,6,7)/t13-,17+,18+;/m1./s1. The molecule has 1 unspecified atom stereocenters. The third kappa shape index (κ3) is 3.96. The van der Waals surface area contributed by atoms with Crippen LogP contribution in [0.15, 0.2) is 24.3 Å². The van der Waals surface area contributed by atoms with E-state index >= 15 is 0 Å². The van der Waals surface area contributed by atoms with Gasteiger partial charge >= 0.3 is 18.1 Å². The maximum atomic E-state index is 11.3. The van der Waals surface area contributed by atoms with E-state index in [1.165, 1.54) is 12.5 Å². The molecule has 2 aliphatic heterocycles. The number of aliphatic carboxylic acids is 1. The number of alkyl halides is 3. The largest absolute Gasteiger partial charge is 0.504 e. The summed E-state index contributed by atoms with van der Waals surface area (Å²) in [6.45, 7) is 3.29. The molecule has 1 aromatic carbocycles. The summed E-state index contributed by atoms with van der Waals surface area (Å²) in [5.41, 5.74) is 2.33. The second-order valence-electron chi connectivity index (χ2n) is 7.50. The van der Waals surface area contributed by atoms with Gasteiger partial charge in [-0.2, -0.15) is 13.2 Å². The number of halogens is 3. The van der Waals surface area contributed by atoms with E-state index in [4.69, 9.17) is 19.4 Å². The van der Waals surface area contributed by atoms with Crippen LogP contribution >= 0.6 is 0 Å². The van der Waals surface area contributed by atoms with Crippen LogP contribution in [0.3, 0.4) is 0 Å². The first-order chi connectivity index (χ1) is 14.0. The molecule has 164 valence electrons. The summed E-state index contributed by atoms with van der Waals surface area (Å²) in [7, 11) is 1.58. The average molecular weight is 429 g/mol. The molecule has 1 fully saturated rings. The molecule has 0 radical (unpaired) electrons. The van der Waals surface area contributed by atoms with Crippen molar-refractivity contribution in [1.29, 1.82) is 0 Å². The Morgan fingerprint density at radius 2 is 1.97 bits per heavy atom. The van der Waals surface area contributed by atoms with Crippen LogP contribution in [0.4, 0.5) is 13.2 Å². The van der Waals surface area contributed by atoms with Crippen LogP contribution in [0.2, 0.25) is 0 Å². The van der Waals surface area contributed by atoms with E-state index in [2.05, 4.69) is 11.0 Å². The lowest BCUT2D eigenvalue weighted by Crippen LogP contribution is -2.49. The normalized spacial score (nSPS) is 28.5. The predicted octanol–water partition coefficient (Wildman–Crippen LogP) is 2.75. The summed E-state index contributed by atoms with van der Waals surface area (Å²) >= 11 is 0. The number of benzene rings is 1. The van der Waals surface area contributed by atoms with Gasteiger partial charge in [0.2, 0.25) is 0 Å². The minimum absolute atomic E-state index is 0.0643. The molecule has 4 atom stereocenters. The van der Waals surface area contributed by atoms with Crippen molar-refractivity contribution in [2.45, 2.75) is 50.0 Å². The maximum Gasteiger partial charge on any atom is 0.490 e. The number of nitrogens with zero attached hydrogens (tertiary/aromatic N) is 1. The van der Waals surface area contributed by atoms with Crippen LogP contribution < -0.4 is 4.74 Å². The number of carboxylic acids is 1. The van der Waals surface area contributed by atoms with Crippen molar-refractivity contribution in [2.24, 2.45) is 0 Å². The van der Waals surface area contributed by atoms with Crippen molar-refractivity contribution in [3.63, 3.8) is 0 Å². The minimum atomic E-state index is -5.08. The fourth-order valence-corrected chi connectivity index (χ4v) is 4.56. The maximum absolute atomic E-state index is 11.3. The quantitative estimate of drug-likeness (QED) is 0.551. The summed E-state index contributed by atoms with van der Waals surface area (Å²) in [6.07, 6.45) is 0.867. The van der Waals surface area contributed by atoms with Gasteiger partial charge in [0, 0.05) is 37.9 Å². The van der Waals surface area contributed by atoms with Crippen LogP contribution in [0.1, 0.15) is 30.9 Å². The average Bonchev–Trinajstić information content (AvgIpc) is 2.92. The van der Waals surface area contributed by atoms with E-state index in [-0.39, 0.29) is 23.2 Å². The van der Waals surface area contributed by atoms with Gasteiger partial charge in [-0.15, -0.1) is 0 Å². The Labute approximate surface area is 170 Å². The molecular weight excluding hydrogens is 407 g/mol. The first-order valence-electron chi connectivity index (χ1n) is 9.29. The van der Waals surface area contributed by atoms with E-state index in [0.717, 1.165) is 31.5 Å². The third-order valence-electron chi connectivity index (χ3n) is 5.75. The van der Waals surface area contributed by atoms with Crippen molar-refractivity contribution in [3.8, 4) is 11.5 Å². The highest BCUT2D eigenvalue weighted by Crippen LogP contribution is 2.52. The van der Waals surface area contributed by atoms with Crippen LogP contribution in [-0.4, -0.2) is 59.0 Å². The molecule has 4 rings (SSSR count). The van der Waals surface area contributed by atoms with Crippen molar-refractivity contribution >= 4 is 11.9 Å². The summed E-state index contributed by atoms with van der Waals surface area (Å²) in [5, 5.41) is 17.2. The Morgan fingerprint density at radius 1 is 1.30 bits per heavy atom. The molecule has 2 heterocycles. The van der Waals surface area contributed by atoms with E-state index in [1.807, 2.05) is 18.2 Å². The van der Waals surface area contributed by atoms with Gasteiger partial charge in [-0.3, -0.25) is 9.69 Å². The molecule has 10 heteroatoms. The summed E-state index contributed by atoms with van der Waals surface area (Å²) < 4.78 is 42.4. The Morgan fingerprint density at radius 3 is 2.53 bits per heavy atom. The third-order valence-corrected chi connectivity index (χ3v) is 5.75. The fourth-order valence-electron chi connectivity index (χ4n) is 4.56. The molecule has 1 aromatic rings. The van der Waals surface area contributed by atoms with Gasteiger partial charge in [0.15, 0.2) is 11.5 Å². The lowest BCUT2D eigenvalue weighted by atomic mass is 9.66. The van der Waals surface area contributed by atoms with Gasteiger partial charge in [0.1, 0.15) is 6.10 Å². The number of methoxy groups -OCH3 is 1. The highest BCUT2D eigenvalue weighted by atomic mass is 19.4. The summed E-state index contributed by atoms with van der Waals surface area (Å²) in [5.74, 6) is -2.28. The SMILES string of the molecule is COc1cc2c(cc1O)CN1CC[C@@]23C=C[C@@H](OC(C)=O)C[C@H]13.O=C(O)C(F)(F)F. The molecular formula is C20H22F3NO6. The van der Waals surface area contributed by atoms with E-state index in [9.17, 15) is 23.1 Å². The van der Waals surface area contributed by atoms with Gasteiger partial charge in [0.05, 0.1) is 7.11 Å². The monoisotopic (exact) mass is 429 g/mol. The molecule has 3 aliphatic rings. The van der Waals surface area contributed by atoms with Gasteiger partial charge in [-0.05, 0) is 35.8 Å². The number of esters is 1. The Kier molecular flexibility index (Phi) is 5.72. The number of rotatable bonds is 2. The van der Waals surface area contributed by atoms with Crippen molar-refractivity contribution in [1.82, 2.24) is 4.90 Å². The molecule has 0 spiro atoms. The number of phenolic OH excluding ortho intramolecular Hbond substituents is 1. The van der Waals surface area contributed by atoms with Gasteiger partial charge in [0.25, 0.3) is 0 Å². The van der Waals surface area contributed by atoms with Gasteiger partial charge < -0.3 is 19.7 Å². The highest BCUT2D eigenvalue weighted by molar-refractivity contribution is 5.73. The number of carboxylic acid groups (broad SMARTS) is 1. The minimum Gasteiger partial charge on any atom is -0.504 e. The number of phenols is 1. The topological polar surface area (TPSA) is 96.3 Å². The number of fused-ring (bicyclic) bond motifs is 1. The zero-order valence-electron chi connectivity index (χ0n) is 16.4. The lowest BCUT2D eigenvalue weighted by Gasteiger charge is -2.45. The number of aromatic hydroxyl groups is 1. The number of carbonyl (C=O) groups excluding carboxylic acids is 1. The molecule has 7 nitrogen and oxygen atoms in total. The Balaban J connectivity index is 0.000000318. The zero-order valence-corrected chi connectivity index (χ0v) is 16.4. The molecule has 1 aliphatic carbocycles. The first-order valence-corrected chi connectivity index (χ1v) is 9.29. The van der Waals surface area contributed by atoms with Gasteiger partial charge in [-0.1, -0.05) is 6.08 Å². The van der Waals surface area contributed by atoms with Crippen molar-refractivity contribution in [2.75, 3.05) is 13.7 Å². The van der Waals surface area contributed by atoms with Crippen LogP contribution in [0.25, 0.3) is 0 Å². The number of hydrogen-bond donors (Lipinski definition) is 2. The number of carbonyl (C=O) groups is 2. The highest BCUT2D eigenvalue weighted by Gasteiger charge is 2.53. The second kappa shape index (κ2) is 7.82. The number of hydrogen-bond acceptors (Lipinski definition) is 6. The van der Waals surface area contributed by atoms with E-state index in [0.29, 0.717) is 11.8 Å². The molecule has 1 saturated heterocycles. The van der Waals surface area contributed by atoms with Crippen LogP contribution in [-0.2, 0) is 26.3 Å². The van der Waals surface area contributed by atoms with Crippen molar-refractivity contribution in [3.05, 3.63) is 35.4 Å². The summed E-state index contributed by atoms with van der Waals surface area (Å²) in [6, 6.07) is 4.14. The van der Waals surface area contributed by atoms with E-state index < -0.39 is 12.1 Å². The van der Waals surface area contributed by atoms with E-state index in [1.54, 1.807) is 7.11 Å². The Bertz CT molecular complexity index is 884. The first kappa shape index (κ1) is 21.9. The lowest BCUT2D eigenvalue weighted by molar-refractivity contribution is -0.192. The predicted molar refractivity (Wildman–Crippen MR) is 98.2 cm³/mol. The molecule has 2 bridgehead atoms. The Hall–Kier alpha value is -2.75. The molecule has 0 aromatic heterocycles. The number of ether oxygens (including phenoxy) is 2. The van der Waals surface area contributed by atoms with Gasteiger partial charge in [-0.25, -0.2) is 4.79 Å². The van der Waals surface area contributed by atoms with Crippen molar-refractivity contribution < 1.29 is 42.4 Å². The molecule has 30 heavy (non-hydrogen) atoms. The molecule has 0 amide bonds. The second-order valence-corrected chi connectivity index (χ2v) is 7.50. The van der Waals surface area contributed by atoms with Crippen LogP contribution in [0.5, 0.6) is 11.5 Å².